The fourth-order valence-electron chi connectivity index (χ4n) is 3.05. The van der Waals surface area contributed by atoms with Gasteiger partial charge in [-0.3, -0.25) is 4.79 Å². The number of aryl methyl sites for hydroxylation is 1. The molecule has 7 heteroatoms. The van der Waals surface area contributed by atoms with Crippen LogP contribution in [0.5, 0.6) is 0 Å². The maximum atomic E-state index is 14.3. The van der Waals surface area contributed by atoms with Gasteiger partial charge in [0.1, 0.15) is 11.6 Å². The molecule has 28 heavy (non-hydrogen) atoms. The topological polar surface area (TPSA) is 85.8 Å². The van der Waals surface area contributed by atoms with Crippen molar-refractivity contribution < 1.29 is 9.18 Å². The molecule has 2 heterocycles. The van der Waals surface area contributed by atoms with Gasteiger partial charge in [-0.1, -0.05) is 12.1 Å². The first-order valence-corrected chi connectivity index (χ1v) is 8.78. The van der Waals surface area contributed by atoms with Gasteiger partial charge >= 0.3 is 0 Å². The third kappa shape index (κ3) is 3.23. The maximum Gasteiger partial charge on any atom is 0.238 e. The zero-order valence-corrected chi connectivity index (χ0v) is 15.2. The lowest BCUT2D eigenvalue weighted by Gasteiger charge is -2.13. The van der Waals surface area contributed by atoms with Crippen LogP contribution in [-0.2, 0) is 4.79 Å². The third-order valence-electron chi connectivity index (χ3n) is 4.44. The summed E-state index contributed by atoms with van der Waals surface area (Å²) in [5, 5.41) is 3.47. The van der Waals surface area contributed by atoms with E-state index < -0.39 is 0 Å². The van der Waals surface area contributed by atoms with Crippen molar-refractivity contribution in [3.8, 4) is 17.2 Å². The van der Waals surface area contributed by atoms with E-state index in [0.29, 0.717) is 28.4 Å². The van der Waals surface area contributed by atoms with Crippen molar-refractivity contribution in [2.45, 2.75) is 6.92 Å². The van der Waals surface area contributed by atoms with Gasteiger partial charge in [-0.15, -0.1) is 0 Å². The second-order valence-electron chi connectivity index (χ2n) is 6.35. The molecule has 0 fully saturated rings. The van der Waals surface area contributed by atoms with Gasteiger partial charge < -0.3 is 15.6 Å². The fraction of sp³-hybridized carbons (Fsp3) is 0.0952. The first-order valence-electron chi connectivity index (χ1n) is 8.78. The molecule has 6 nitrogen and oxygen atoms in total. The lowest BCUT2D eigenvalue weighted by atomic mass is 10.1. The predicted octanol–water partition coefficient (Wildman–Crippen LogP) is 3.43. The van der Waals surface area contributed by atoms with Crippen LogP contribution in [0.1, 0.15) is 5.69 Å². The van der Waals surface area contributed by atoms with E-state index in [0.717, 1.165) is 11.1 Å². The van der Waals surface area contributed by atoms with E-state index in [2.05, 4.69) is 15.3 Å². The second-order valence-corrected chi connectivity index (χ2v) is 6.35. The zero-order chi connectivity index (χ0) is 19.7. The predicted molar refractivity (Wildman–Crippen MR) is 107 cm³/mol. The number of aromatic nitrogens is 3. The van der Waals surface area contributed by atoms with Crippen molar-refractivity contribution in [1.29, 1.82) is 0 Å². The summed E-state index contributed by atoms with van der Waals surface area (Å²) in [5.41, 5.74) is 7.91. The average molecular weight is 375 g/mol. The Morgan fingerprint density at radius 2 is 1.96 bits per heavy atom. The van der Waals surface area contributed by atoms with Crippen LogP contribution in [0.3, 0.4) is 0 Å². The quantitative estimate of drug-likeness (QED) is 0.572. The SMILES string of the molecule is Cc1cccn1-c1nc(-c2ccccc2F)nc2ccc(NC(=O)CN)cc12. The van der Waals surface area contributed by atoms with E-state index in [4.69, 9.17) is 5.73 Å². The number of halogens is 1. The van der Waals surface area contributed by atoms with E-state index in [1.807, 2.05) is 29.8 Å². The van der Waals surface area contributed by atoms with E-state index in [1.54, 1.807) is 36.4 Å². The number of nitrogens with zero attached hydrogens (tertiary/aromatic N) is 3. The van der Waals surface area contributed by atoms with Gasteiger partial charge in [0.25, 0.3) is 0 Å². The average Bonchev–Trinajstić information content (AvgIpc) is 3.13. The van der Waals surface area contributed by atoms with Crippen molar-refractivity contribution >= 4 is 22.5 Å². The molecule has 0 saturated heterocycles. The summed E-state index contributed by atoms with van der Waals surface area (Å²) in [7, 11) is 0. The fourth-order valence-corrected chi connectivity index (χ4v) is 3.05. The monoisotopic (exact) mass is 375 g/mol. The second kappa shape index (κ2) is 7.21. The molecule has 0 spiro atoms. The van der Waals surface area contributed by atoms with E-state index in [1.165, 1.54) is 6.07 Å². The molecule has 0 atom stereocenters. The number of carbonyl (C=O) groups excluding carboxylic acids is 1. The van der Waals surface area contributed by atoms with Gasteiger partial charge in [-0.2, -0.15) is 0 Å². The summed E-state index contributed by atoms with van der Waals surface area (Å²) in [6.45, 7) is 1.85. The Kier molecular flexibility index (Phi) is 4.58. The highest BCUT2D eigenvalue weighted by Gasteiger charge is 2.15. The summed E-state index contributed by atoms with van der Waals surface area (Å²) in [4.78, 5) is 20.8. The molecule has 0 unspecified atom stereocenters. The van der Waals surface area contributed by atoms with Crippen LogP contribution >= 0.6 is 0 Å². The molecule has 0 aliphatic rings. The lowest BCUT2D eigenvalue weighted by Crippen LogP contribution is -2.21. The molecule has 3 N–H and O–H groups in total. The number of nitrogens with one attached hydrogen (secondary N) is 1. The number of fused-ring (bicyclic) bond motifs is 1. The van der Waals surface area contributed by atoms with Crippen LogP contribution in [0.2, 0.25) is 0 Å². The van der Waals surface area contributed by atoms with Gasteiger partial charge in [0.2, 0.25) is 5.91 Å². The molecule has 140 valence electrons. The summed E-state index contributed by atoms with van der Waals surface area (Å²) >= 11 is 0. The van der Waals surface area contributed by atoms with Crippen LogP contribution in [-0.4, -0.2) is 27.0 Å². The summed E-state index contributed by atoms with van der Waals surface area (Å²) in [6.07, 6.45) is 1.88. The highest BCUT2D eigenvalue weighted by atomic mass is 19.1. The lowest BCUT2D eigenvalue weighted by molar-refractivity contribution is -0.114. The van der Waals surface area contributed by atoms with Gasteiger partial charge in [0, 0.05) is 23.0 Å². The van der Waals surface area contributed by atoms with E-state index >= 15 is 0 Å². The minimum absolute atomic E-state index is 0.107. The minimum atomic E-state index is -0.385. The summed E-state index contributed by atoms with van der Waals surface area (Å²) < 4.78 is 16.2. The number of benzene rings is 2. The maximum absolute atomic E-state index is 14.3. The standard InChI is InChI=1S/C21H18FN5O/c1-13-5-4-10-27(13)21-16-11-14(24-19(28)12-23)8-9-18(16)25-20(26-21)15-6-2-3-7-17(15)22/h2-11H,12,23H2,1H3,(H,24,28). The Labute approximate surface area is 160 Å². The van der Waals surface area contributed by atoms with Crippen molar-refractivity contribution in [2.75, 3.05) is 11.9 Å². The van der Waals surface area contributed by atoms with Crippen molar-refractivity contribution in [1.82, 2.24) is 14.5 Å². The van der Waals surface area contributed by atoms with Gasteiger partial charge in [-0.25, -0.2) is 14.4 Å². The number of rotatable bonds is 4. The molecule has 0 aliphatic heterocycles. The Bertz CT molecular complexity index is 1180. The molecule has 4 aromatic rings. The van der Waals surface area contributed by atoms with E-state index in [-0.39, 0.29) is 18.3 Å². The molecule has 0 aliphatic carbocycles. The number of hydrogen-bond donors (Lipinski definition) is 2. The molecule has 0 radical (unpaired) electrons. The highest BCUT2D eigenvalue weighted by Crippen LogP contribution is 2.28. The van der Waals surface area contributed by atoms with Crippen LogP contribution in [0, 0.1) is 12.7 Å². The van der Waals surface area contributed by atoms with Crippen molar-refractivity contribution in [3.05, 3.63) is 72.3 Å². The molecule has 1 amide bonds. The number of hydrogen-bond acceptors (Lipinski definition) is 4. The van der Waals surface area contributed by atoms with Gasteiger partial charge in [0.05, 0.1) is 17.6 Å². The number of nitrogens with two attached hydrogens (primary N) is 1. The summed E-state index contributed by atoms with van der Waals surface area (Å²) in [5.74, 6) is 0.229. The Morgan fingerprint density at radius 3 is 2.68 bits per heavy atom. The molecule has 0 saturated carbocycles. The molecule has 2 aromatic carbocycles. The molecule has 0 bridgehead atoms. The summed E-state index contributed by atoms with van der Waals surface area (Å²) in [6, 6.07) is 15.6. The Hall–Kier alpha value is -3.58. The molecular formula is C21H18FN5O. The zero-order valence-electron chi connectivity index (χ0n) is 15.2. The number of carbonyl (C=O) groups is 1. The van der Waals surface area contributed by atoms with Crippen LogP contribution < -0.4 is 11.1 Å². The largest absolute Gasteiger partial charge is 0.325 e. The van der Waals surface area contributed by atoms with Crippen molar-refractivity contribution in [3.63, 3.8) is 0 Å². The van der Waals surface area contributed by atoms with Crippen molar-refractivity contribution in [2.24, 2.45) is 5.73 Å². The number of anilines is 1. The Morgan fingerprint density at radius 1 is 1.14 bits per heavy atom. The highest BCUT2D eigenvalue weighted by molar-refractivity contribution is 5.96. The van der Waals surface area contributed by atoms with Crippen LogP contribution in [0.4, 0.5) is 10.1 Å². The first kappa shape index (κ1) is 17.8. The number of amides is 1. The molecule has 4 rings (SSSR count). The Balaban J connectivity index is 1.96. The van der Waals surface area contributed by atoms with Crippen LogP contribution in [0.25, 0.3) is 28.1 Å². The van der Waals surface area contributed by atoms with Gasteiger partial charge in [-0.05, 0) is 49.4 Å². The third-order valence-corrected chi connectivity index (χ3v) is 4.44. The van der Waals surface area contributed by atoms with Crippen LogP contribution in [0.15, 0.2) is 60.8 Å². The van der Waals surface area contributed by atoms with Gasteiger partial charge in [0.15, 0.2) is 5.82 Å². The molecular weight excluding hydrogens is 357 g/mol. The molecule has 2 aromatic heterocycles. The smallest absolute Gasteiger partial charge is 0.238 e. The normalized spacial score (nSPS) is 11.0. The minimum Gasteiger partial charge on any atom is -0.325 e. The van der Waals surface area contributed by atoms with E-state index in [9.17, 15) is 9.18 Å². The first-order chi connectivity index (χ1) is 13.6.